The molecule has 8 N–H and O–H groups in total. The fourth-order valence-corrected chi connectivity index (χ4v) is 6.04. The summed E-state index contributed by atoms with van der Waals surface area (Å²) in [7, 11) is 3.55. The van der Waals surface area contributed by atoms with Crippen LogP contribution >= 0.6 is 23.3 Å². The maximum Gasteiger partial charge on any atom is 0.350 e. The van der Waals surface area contributed by atoms with Crippen LogP contribution < -0.4 is 37.2 Å². The number of oxime groups is 1. The molecule has 2 aromatic heterocycles. The van der Waals surface area contributed by atoms with Crippen LogP contribution in [0.25, 0.3) is 0 Å². The van der Waals surface area contributed by atoms with Crippen LogP contribution in [0.3, 0.4) is 0 Å². The van der Waals surface area contributed by atoms with E-state index in [-0.39, 0.29) is 29.0 Å². The smallest absolute Gasteiger partial charge is 0.350 e. The van der Waals surface area contributed by atoms with Crippen LogP contribution in [0, 0.1) is 0 Å². The number of hydrogen-bond acceptors (Lipinski definition) is 15. The highest BCUT2D eigenvalue weighted by atomic mass is 32.2. The van der Waals surface area contributed by atoms with E-state index in [9.17, 15) is 29.4 Å². The zero-order valence-electron chi connectivity index (χ0n) is 23.6. The van der Waals surface area contributed by atoms with E-state index in [1.54, 1.807) is 22.6 Å². The normalized spacial score (nSPS) is 18.7. The number of thioether (sulfide) groups is 1. The van der Waals surface area contributed by atoms with E-state index in [1.807, 2.05) is 11.9 Å². The van der Waals surface area contributed by atoms with Gasteiger partial charge in [-0.15, -0.1) is 21.1 Å². The molecule has 0 radical (unpaired) electrons. The first-order valence-electron chi connectivity index (χ1n) is 12.7. The van der Waals surface area contributed by atoms with Crippen LogP contribution in [0.2, 0.25) is 0 Å². The average Bonchev–Trinajstić information content (AvgIpc) is 3.49. The van der Waals surface area contributed by atoms with Crippen LogP contribution in [-0.2, 0) is 37.6 Å². The summed E-state index contributed by atoms with van der Waals surface area (Å²) >= 11 is 2.01. The molecule has 0 unspecified atom stereocenters. The van der Waals surface area contributed by atoms with Crippen molar-refractivity contribution in [3.8, 4) is 0 Å². The molecule has 1 fully saturated rings. The Balaban J connectivity index is 1.56. The van der Waals surface area contributed by atoms with E-state index in [0.717, 1.165) is 16.4 Å². The molecule has 20 heteroatoms. The molecular formula is C23H31N11O7S2. The summed E-state index contributed by atoms with van der Waals surface area (Å²) in [5.74, 6) is -4.13. The number of rotatable bonds is 12. The second-order valence-electron chi connectivity index (χ2n) is 10.1. The molecule has 4 rings (SSSR count). The molecule has 2 aliphatic heterocycles. The number of nitrogens with one attached hydrogen (secondary N) is 1. The first-order valence-corrected chi connectivity index (χ1v) is 14.5. The van der Waals surface area contributed by atoms with E-state index in [4.69, 9.17) is 22.0 Å². The summed E-state index contributed by atoms with van der Waals surface area (Å²) in [6.45, 7) is 3.50. The molecule has 232 valence electrons. The van der Waals surface area contributed by atoms with Crippen molar-refractivity contribution in [3.05, 3.63) is 23.3 Å². The Hall–Kier alpha value is -4.43. The van der Waals surface area contributed by atoms with Crippen molar-refractivity contribution < 1.29 is 38.9 Å². The molecule has 4 heterocycles. The van der Waals surface area contributed by atoms with Crippen LogP contribution in [0.1, 0.15) is 19.7 Å². The number of likely N-dealkylation sites (N-methyl/N-ethyl adjacent to an activating group) is 1. The van der Waals surface area contributed by atoms with Gasteiger partial charge in [-0.1, -0.05) is 5.16 Å². The number of aromatic nitrogens is 4. The summed E-state index contributed by atoms with van der Waals surface area (Å²) in [5, 5.41) is 27.0. The van der Waals surface area contributed by atoms with Crippen LogP contribution in [-0.4, -0.2) is 96.4 Å². The molecule has 0 spiro atoms. The van der Waals surface area contributed by atoms with Gasteiger partial charge in [-0.05, 0) is 13.8 Å². The van der Waals surface area contributed by atoms with E-state index in [0.29, 0.717) is 30.2 Å². The summed E-state index contributed by atoms with van der Waals surface area (Å²) < 4.78 is 7.30. The Morgan fingerprint density at radius 3 is 2.65 bits per heavy atom. The first kappa shape index (κ1) is 31.5. The summed E-state index contributed by atoms with van der Waals surface area (Å²) in [6, 6.07) is -1.14. The van der Waals surface area contributed by atoms with Crippen LogP contribution in [0.15, 0.2) is 22.6 Å². The molecule has 0 aromatic carbocycles. The number of amides is 2. The molecular weight excluding hydrogens is 606 g/mol. The fourth-order valence-electron chi connectivity index (χ4n) is 4.27. The number of carbonyl (C=O) groups is 4. The monoisotopic (exact) mass is 637 g/mol. The van der Waals surface area contributed by atoms with Crippen molar-refractivity contribution in [1.29, 1.82) is 0 Å². The molecule has 0 aliphatic carbocycles. The third-order valence-corrected chi connectivity index (χ3v) is 8.65. The number of β-lactam (4-membered cyclic amide) rings is 1. The van der Waals surface area contributed by atoms with Crippen molar-refractivity contribution in [2.45, 2.75) is 37.4 Å². The molecule has 1 saturated heterocycles. The number of carboxylic acid groups (broad SMARTS) is 2. The highest BCUT2D eigenvalue weighted by Crippen LogP contribution is 2.40. The van der Waals surface area contributed by atoms with Crippen molar-refractivity contribution in [1.82, 2.24) is 24.3 Å². The fraction of sp³-hybridized carbons (Fsp3) is 0.478. The number of fused-ring (bicyclic) bond motifs is 1. The first-order chi connectivity index (χ1) is 20.2. The molecule has 2 aliphatic rings. The van der Waals surface area contributed by atoms with Gasteiger partial charge in [0, 0.05) is 43.0 Å². The number of hydrogen-bond donors (Lipinski definition) is 5. The lowest BCUT2D eigenvalue weighted by molar-refractivity contribution is -0.765. The highest BCUT2D eigenvalue weighted by molar-refractivity contribution is 8.00. The maximum atomic E-state index is 13.2. The number of anilines is 3. The molecule has 2 aromatic rings. The van der Waals surface area contributed by atoms with E-state index in [2.05, 4.69) is 19.8 Å². The SMILES string of the molecule is CN(CCN)c1c[n+](CC2=C(C(=O)[O-])N3C(=O)[C@@H](NC(=O)/C(=N\OC(C)(C)C(=O)O)c4nsc(N)n4)[C@H]3SC2)n(C)c1N. The van der Waals surface area contributed by atoms with Gasteiger partial charge in [0.2, 0.25) is 23.3 Å². The van der Waals surface area contributed by atoms with Gasteiger partial charge in [0.05, 0.1) is 18.7 Å². The number of aliphatic carboxylic acids is 2. The minimum atomic E-state index is -1.80. The minimum absolute atomic E-state index is 0.00832. The maximum absolute atomic E-state index is 13.2. The van der Waals surface area contributed by atoms with Crippen molar-refractivity contribution in [2.24, 2.45) is 17.9 Å². The molecule has 2 atom stereocenters. The van der Waals surface area contributed by atoms with Gasteiger partial charge in [-0.25, -0.2) is 4.79 Å². The van der Waals surface area contributed by atoms with Gasteiger partial charge in [-0.2, -0.15) is 9.36 Å². The number of nitrogen functional groups attached to an aromatic ring is 2. The van der Waals surface area contributed by atoms with Gasteiger partial charge >= 0.3 is 5.97 Å². The van der Waals surface area contributed by atoms with E-state index < -0.39 is 46.5 Å². The van der Waals surface area contributed by atoms with Crippen molar-refractivity contribution >= 4 is 69.4 Å². The van der Waals surface area contributed by atoms with Gasteiger partial charge in [-0.3, -0.25) is 14.5 Å². The van der Waals surface area contributed by atoms with Gasteiger partial charge in [0.15, 0.2) is 17.5 Å². The third-order valence-electron chi connectivity index (χ3n) is 6.77. The van der Waals surface area contributed by atoms with Crippen molar-refractivity contribution in [2.75, 3.05) is 42.3 Å². The van der Waals surface area contributed by atoms with Gasteiger partial charge in [0.1, 0.15) is 17.1 Å². The quantitative estimate of drug-likeness (QED) is 0.0652. The molecule has 0 bridgehead atoms. The summed E-state index contributed by atoms with van der Waals surface area (Å²) in [4.78, 5) is 62.0. The lowest BCUT2D eigenvalue weighted by Gasteiger charge is -2.50. The lowest BCUT2D eigenvalue weighted by Crippen LogP contribution is -2.71. The average molecular weight is 638 g/mol. The van der Waals surface area contributed by atoms with Gasteiger partial charge < -0.3 is 47.3 Å². The number of carboxylic acids is 2. The predicted molar refractivity (Wildman–Crippen MR) is 153 cm³/mol. The number of nitrogens with two attached hydrogens (primary N) is 3. The largest absolute Gasteiger partial charge is 0.543 e. The topological polar surface area (TPSA) is 264 Å². The lowest BCUT2D eigenvalue weighted by atomic mass is 10.0. The second kappa shape index (κ2) is 12.1. The Morgan fingerprint density at radius 2 is 2.07 bits per heavy atom. The Bertz CT molecular complexity index is 1530. The molecule has 43 heavy (non-hydrogen) atoms. The predicted octanol–water partition coefficient (Wildman–Crippen LogP) is -3.59. The van der Waals surface area contributed by atoms with E-state index >= 15 is 0 Å². The standard InChI is InChI=1S/C23H31N11O7S2/c1-23(2,21(39)40)41-29-12(16-28-22(26)43-30-16)17(35)27-13-18(36)34-14(20(37)38)10(9-42-19(13)34)7-33-8-11(15(25)32(33)4)31(3)6-5-24/h8,13,19,25H,5-7,9,24H2,1-4H3,(H5,26,27,28,30,35,37,38,39,40)/b29-12-/t13-,19-/m1/s1. The van der Waals surface area contributed by atoms with Crippen molar-refractivity contribution in [3.63, 3.8) is 0 Å². The number of nitrogens with zero attached hydrogens (tertiary/aromatic N) is 7. The molecule has 0 saturated carbocycles. The Kier molecular flexibility index (Phi) is 8.83. The minimum Gasteiger partial charge on any atom is -0.543 e. The third kappa shape index (κ3) is 6.06. The van der Waals surface area contributed by atoms with Crippen LogP contribution in [0.5, 0.6) is 0 Å². The second-order valence-corrected chi connectivity index (χ2v) is 12.0. The zero-order chi connectivity index (χ0) is 31.8. The van der Waals surface area contributed by atoms with E-state index in [1.165, 1.54) is 25.6 Å². The Labute approximate surface area is 253 Å². The Morgan fingerprint density at radius 1 is 1.37 bits per heavy atom. The molecule has 2 amide bonds. The van der Waals surface area contributed by atoms with Gasteiger partial charge in [0.25, 0.3) is 11.8 Å². The number of carbonyl (C=O) groups excluding carboxylic acids is 3. The summed E-state index contributed by atoms with van der Waals surface area (Å²) in [6.07, 6.45) is 1.76. The summed E-state index contributed by atoms with van der Waals surface area (Å²) in [5.41, 5.74) is 16.0. The zero-order valence-corrected chi connectivity index (χ0v) is 25.3. The molecule has 18 nitrogen and oxygen atoms in total. The van der Waals surface area contributed by atoms with Crippen LogP contribution in [0.4, 0.5) is 16.6 Å². The highest BCUT2D eigenvalue weighted by Gasteiger charge is 2.53.